The zero-order chi connectivity index (χ0) is 15.2. The lowest BCUT2D eigenvalue weighted by Crippen LogP contribution is -2.14. The number of carbonyl (C=O) groups is 1. The molecule has 0 aliphatic heterocycles. The molecular formula is C15H12BrN3OS. The van der Waals surface area contributed by atoms with Crippen molar-refractivity contribution in [3.05, 3.63) is 52.1 Å². The van der Waals surface area contributed by atoms with Crippen molar-refractivity contribution in [2.75, 3.05) is 11.1 Å². The maximum atomic E-state index is 11.9. The van der Waals surface area contributed by atoms with Gasteiger partial charge in [-0.3, -0.25) is 4.79 Å². The first-order chi connectivity index (χ1) is 10.1. The van der Waals surface area contributed by atoms with Crippen LogP contribution < -0.4 is 5.32 Å². The van der Waals surface area contributed by atoms with Crippen molar-refractivity contribution in [2.45, 2.75) is 11.9 Å². The van der Waals surface area contributed by atoms with Crippen molar-refractivity contribution >= 4 is 39.3 Å². The monoisotopic (exact) mass is 361 g/mol. The third-order valence-electron chi connectivity index (χ3n) is 2.59. The van der Waals surface area contributed by atoms with E-state index in [1.807, 2.05) is 31.2 Å². The number of carbonyl (C=O) groups excluding carboxylic acids is 1. The predicted octanol–water partition coefficient (Wildman–Crippen LogP) is 3.76. The number of rotatable bonds is 4. The van der Waals surface area contributed by atoms with E-state index in [4.69, 9.17) is 5.26 Å². The smallest absolute Gasteiger partial charge is 0.234 e. The molecule has 0 saturated heterocycles. The van der Waals surface area contributed by atoms with Crippen LogP contribution in [0.4, 0.5) is 5.69 Å². The Morgan fingerprint density at radius 3 is 2.71 bits per heavy atom. The fourth-order valence-corrected chi connectivity index (χ4v) is 2.67. The summed E-state index contributed by atoms with van der Waals surface area (Å²) in [4.78, 5) is 16.2. The number of thioether (sulfide) groups is 1. The minimum atomic E-state index is -0.130. The number of amides is 1. The summed E-state index contributed by atoms with van der Waals surface area (Å²) in [5.74, 6) is 0.0794. The molecule has 4 nitrogen and oxygen atoms in total. The largest absolute Gasteiger partial charge is 0.325 e. The number of pyridine rings is 1. The van der Waals surface area contributed by atoms with Crippen molar-refractivity contribution in [3.63, 3.8) is 0 Å². The maximum absolute atomic E-state index is 11.9. The predicted molar refractivity (Wildman–Crippen MR) is 87.2 cm³/mol. The number of nitriles is 1. The number of nitrogens with zero attached hydrogens (tertiary/aromatic N) is 2. The van der Waals surface area contributed by atoms with E-state index in [-0.39, 0.29) is 11.7 Å². The summed E-state index contributed by atoms with van der Waals surface area (Å²) in [7, 11) is 0. The molecule has 0 spiro atoms. The van der Waals surface area contributed by atoms with Crippen LogP contribution in [0, 0.1) is 18.3 Å². The molecule has 2 aromatic rings. The van der Waals surface area contributed by atoms with Gasteiger partial charge in [-0.1, -0.05) is 27.7 Å². The SMILES string of the molecule is Cc1ccc(C#N)c(SCC(=O)Nc2ccc(Br)cc2)n1. The van der Waals surface area contributed by atoms with Gasteiger partial charge in [0.2, 0.25) is 5.91 Å². The van der Waals surface area contributed by atoms with Crippen LogP contribution in [0.2, 0.25) is 0 Å². The molecule has 1 aromatic carbocycles. The maximum Gasteiger partial charge on any atom is 0.234 e. The van der Waals surface area contributed by atoms with E-state index >= 15 is 0 Å². The van der Waals surface area contributed by atoms with Gasteiger partial charge in [-0.05, 0) is 43.3 Å². The van der Waals surface area contributed by atoms with Crippen molar-refractivity contribution in [1.82, 2.24) is 4.98 Å². The first-order valence-electron chi connectivity index (χ1n) is 6.14. The standard InChI is InChI=1S/C15H12BrN3OS/c1-10-2-3-11(8-17)15(18-10)21-9-14(20)19-13-6-4-12(16)5-7-13/h2-7H,9H2,1H3,(H,19,20). The van der Waals surface area contributed by atoms with Gasteiger partial charge in [0.15, 0.2) is 0 Å². The molecule has 0 saturated carbocycles. The molecule has 6 heteroatoms. The molecule has 0 aliphatic rings. The van der Waals surface area contributed by atoms with Gasteiger partial charge in [-0.2, -0.15) is 5.26 Å². The minimum absolute atomic E-state index is 0.130. The van der Waals surface area contributed by atoms with E-state index < -0.39 is 0 Å². The first kappa shape index (κ1) is 15.5. The number of halogens is 1. The molecule has 1 N–H and O–H groups in total. The zero-order valence-corrected chi connectivity index (χ0v) is 13.7. The molecule has 0 unspecified atom stereocenters. The van der Waals surface area contributed by atoms with Crippen LogP contribution in [0.25, 0.3) is 0 Å². The Balaban J connectivity index is 1.97. The van der Waals surface area contributed by atoms with E-state index in [0.717, 1.165) is 15.9 Å². The summed E-state index contributed by atoms with van der Waals surface area (Å²) in [6, 6.07) is 12.9. The highest BCUT2D eigenvalue weighted by Crippen LogP contribution is 2.21. The number of hydrogen-bond donors (Lipinski definition) is 1. The number of aromatic nitrogens is 1. The number of benzene rings is 1. The molecule has 0 bridgehead atoms. The highest BCUT2D eigenvalue weighted by atomic mass is 79.9. The Morgan fingerprint density at radius 1 is 1.33 bits per heavy atom. The van der Waals surface area contributed by atoms with E-state index in [1.165, 1.54) is 11.8 Å². The third-order valence-corrected chi connectivity index (χ3v) is 4.11. The number of anilines is 1. The van der Waals surface area contributed by atoms with Gasteiger partial charge < -0.3 is 5.32 Å². The molecular weight excluding hydrogens is 350 g/mol. The summed E-state index contributed by atoms with van der Waals surface area (Å²) >= 11 is 4.60. The third kappa shape index (κ3) is 4.59. The van der Waals surface area contributed by atoms with Crippen LogP contribution in [0.3, 0.4) is 0 Å². The lowest BCUT2D eigenvalue weighted by Gasteiger charge is -2.06. The molecule has 0 radical (unpaired) electrons. The Hall–Kier alpha value is -1.84. The molecule has 1 heterocycles. The molecule has 1 aromatic heterocycles. The van der Waals surface area contributed by atoms with Crippen LogP contribution in [0.5, 0.6) is 0 Å². The van der Waals surface area contributed by atoms with Crippen LogP contribution in [0.15, 0.2) is 45.9 Å². The second-order valence-corrected chi connectivity index (χ2v) is 6.14. The fraction of sp³-hybridized carbons (Fsp3) is 0.133. The summed E-state index contributed by atoms with van der Waals surface area (Å²) < 4.78 is 0.956. The Labute approximate surface area is 135 Å². The number of nitrogens with one attached hydrogen (secondary N) is 1. The van der Waals surface area contributed by atoms with Gasteiger partial charge in [0.1, 0.15) is 11.1 Å². The summed E-state index contributed by atoms with van der Waals surface area (Å²) in [6.45, 7) is 1.85. The van der Waals surface area contributed by atoms with E-state index in [2.05, 4.69) is 32.3 Å². The van der Waals surface area contributed by atoms with E-state index in [9.17, 15) is 4.79 Å². The second kappa shape index (κ2) is 7.25. The average Bonchev–Trinajstić information content (AvgIpc) is 2.48. The Kier molecular flexibility index (Phi) is 5.37. The lowest BCUT2D eigenvalue weighted by molar-refractivity contribution is -0.113. The number of aryl methyl sites for hydroxylation is 1. The second-order valence-electron chi connectivity index (χ2n) is 4.26. The van der Waals surface area contributed by atoms with Crippen LogP contribution in [-0.4, -0.2) is 16.6 Å². The fourth-order valence-electron chi connectivity index (χ4n) is 1.59. The first-order valence-corrected chi connectivity index (χ1v) is 7.92. The number of hydrogen-bond acceptors (Lipinski definition) is 4. The molecule has 106 valence electrons. The highest BCUT2D eigenvalue weighted by Gasteiger charge is 2.09. The van der Waals surface area contributed by atoms with Gasteiger partial charge in [0, 0.05) is 15.9 Å². The van der Waals surface area contributed by atoms with Crippen molar-refractivity contribution in [2.24, 2.45) is 0 Å². The van der Waals surface area contributed by atoms with Crippen molar-refractivity contribution in [3.8, 4) is 6.07 Å². The van der Waals surface area contributed by atoms with Gasteiger partial charge in [0.25, 0.3) is 0 Å². The van der Waals surface area contributed by atoms with E-state index in [0.29, 0.717) is 10.6 Å². The minimum Gasteiger partial charge on any atom is -0.325 e. The highest BCUT2D eigenvalue weighted by molar-refractivity contribution is 9.10. The van der Waals surface area contributed by atoms with E-state index in [1.54, 1.807) is 12.1 Å². The van der Waals surface area contributed by atoms with Gasteiger partial charge >= 0.3 is 0 Å². The molecule has 0 fully saturated rings. The molecule has 21 heavy (non-hydrogen) atoms. The van der Waals surface area contributed by atoms with Crippen molar-refractivity contribution < 1.29 is 4.79 Å². The Bertz CT molecular complexity index is 695. The quantitative estimate of drug-likeness (QED) is 0.842. The molecule has 0 atom stereocenters. The summed E-state index contributed by atoms with van der Waals surface area (Å²) in [5.41, 5.74) is 2.05. The molecule has 2 rings (SSSR count). The van der Waals surface area contributed by atoms with Gasteiger partial charge in [-0.15, -0.1) is 0 Å². The average molecular weight is 362 g/mol. The zero-order valence-electron chi connectivity index (χ0n) is 11.3. The molecule has 1 amide bonds. The van der Waals surface area contributed by atoms with Crippen LogP contribution >= 0.6 is 27.7 Å². The lowest BCUT2D eigenvalue weighted by atomic mass is 10.3. The normalized spacial score (nSPS) is 9.95. The summed E-state index contributed by atoms with van der Waals surface area (Å²) in [6.07, 6.45) is 0. The Morgan fingerprint density at radius 2 is 2.05 bits per heavy atom. The van der Waals surface area contributed by atoms with Crippen molar-refractivity contribution in [1.29, 1.82) is 5.26 Å². The van der Waals surface area contributed by atoms with Crippen LogP contribution in [-0.2, 0) is 4.79 Å². The van der Waals surface area contributed by atoms with Gasteiger partial charge in [-0.25, -0.2) is 4.98 Å². The summed E-state index contributed by atoms with van der Waals surface area (Å²) in [5, 5.41) is 12.4. The van der Waals surface area contributed by atoms with Crippen LogP contribution in [0.1, 0.15) is 11.3 Å². The molecule has 0 aliphatic carbocycles. The topological polar surface area (TPSA) is 65.8 Å². The van der Waals surface area contributed by atoms with Gasteiger partial charge in [0.05, 0.1) is 11.3 Å².